The van der Waals surface area contributed by atoms with E-state index in [9.17, 15) is 18.0 Å². The van der Waals surface area contributed by atoms with Crippen LogP contribution in [-0.2, 0) is 24.3 Å². The number of anilines is 1. The zero-order valence-electron chi connectivity index (χ0n) is 13.6. The van der Waals surface area contributed by atoms with E-state index in [-0.39, 0.29) is 28.9 Å². The maximum Gasteiger partial charge on any atom is 0.265 e. The van der Waals surface area contributed by atoms with E-state index in [4.69, 9.17) is 9.47 Å². The van der Waals surface area contributed by atoms with Crippen molar-refractivity contribution in [3.63, 3.8) is 0 Å². The van der Waals surface area contributed by atoms with E-state index in [0.717, 1.165) is 0 Å². The first kappa shape index (κ1) is 17.6. The van der Waals surface area contributed by atoms with Crippen LogP contribution >= 0.6 is 0 Å². The fourth-order valence-corrected chi connectivity index (χ4v) is 3.52. The summed E-state index contributed by atoms with van der Waals surface area (Å²) in [6, 6.07) is 4.15. The lowest BCUT2D eigenvalue weighted by Gasteiger charge is -2.27. The Kier molecular flexibility index (Phi) is 4.93. The Morgan fingerprint density at radius 3 is 2.80 bits per heavy atom. The molecule has 9 nitrogen and oxygen atoms in total. The van der Waals surface area contributed by atoms with Gasteiger partial charge in [0.2, 0.25) is 15.9 Å². The molecule has 2 heterocycles. The number of amides is 2. The summed E-state index contributed by atoms with van der Waals surface area (Å²) in [4.78, 5) is 25.2. The highest BCUT2D eigenvalue weighted by molar-refractivity contribution is 7.89. The van der Waals surface area contributed by atoms with E-state index in [2.05, 4.69) is 10.0 Å². The predicted molar refractivity (Wildman–Crippen MR) is 87.7 cm³/mol. The third kappa shape index (κ3) is 3.91. The monoisotopic (exact) mass is 369 g/mol. The van der Waals surface area contributed by atoms with E-state index in [1.807, 2.05) is 0 Å². The van der Waals surface area contributed by atoms with Gasteiger partial charge in [0.15, 0.2) is 6.10 Å². The zero-order valence-corrected chi connectivity index (χ0v) is 14.5. The van der Waals surface area contributed by atoms with Crippen molar-refractivity contribution in [3.8, 4) is 5.75 Å². The Morgan fingerprint density at radius 2 is 2.08 bits per heavy atom. The molecule has 0 aromatic heterocycles. The molecule has 1 atom stereocenters. The summed E-state index contributed by atoms with van der Waals surface area (Å²) < 4.78 is 37.6. The molecule has 10 heteroatoms. The molecule has 1 unspecified atom stereocenters. The molecule has 0 bridgehead atoms. The van der Waals surface area contributed by atoms with Gasteiger partial charge in [0.05, 0.1) is 30.3 Å². The summed E-state index contributed by atoms with van der Waals surface area (Å²) in [7, 11) is -3.89. The highest BCUT2D eigenvalue weighted by Gasteiger charge is 2.26. The number of rotatable bonds is 4. The Labute approximate surface area is 145 Å². The number of morpholine rings is 1. The lowest BCUT2D eigenvalue weighted by atomic mass is 10.2. The Morgan fingerprint density at radius 1 is 1.36 bits per heavy atom. The molecule has 0 saturated carbocycles. The number of carbonyl (C=O) groups is 2. The lowest BCUT2D eigenvalue weighted by Crippen LogP contribution is -2.45. The quantitative estimate of drug-likeness (QED) is 0.743. The number of carbonyl (C=O) groups excluding carboxylic acids is 2. The minimum absolute atomic E-state index is 0.0560. The van der Waals surface area contributed by atoms with Crippen molar-refractivity contribution in [2.75, 3.05) is 38.2 Å². The van der Waals surface area contributed by atoms with Crippen LogP contribution in [-0.4, -0.2) is 64.1 Å². The van der Waals surface area contributed by atoms with Crippen LogP contribution in [0.4, 0.5) is 5.69 Å². The summed E-state index contributed by atoms with van der Waals surface area (Å²) in [5.41, 5.74) is 0.283. The smallest absolute Gasteiger partial charge is 0.265 e. The van der Waals surface area contributed by atoms with Crippen molar-refractivity contribution in [1.82, 2.24) is 9.62 Å². The molecule has 2 aliphatic heterocycles. The van der Waals surface area contributed by atoms with Crippen molar-refractivity contribution < 1.29 is 27.5 Å². The zero-order chi connectivity index (χ0) is 18.0. The van der Waals surface area contributed by atoms with E-state index < -0.39 is 16.1 Å². The van der Waals surface area contributed by atoms with Crippen LogP contribution < -0.4 is 14.8 Å². The fourth-order valence-electron chi connectivity index (χ4n) is 2.52. The number of nitrogens with zero attached hydrogens (tertiary/aromatic N) is 1. The summed E-state index contributed by atoms with van der Waals surface area (Å²) in [5.74, 6) is -0.261. The van der Waals surface area contributed by atoms with Crippen LogP contribution in [0.15, 0.2) is 23.1 Å². The normalized spacial score (nSPS) is 20.4. The molecule has 2 amide bonds. The molecule has 1 aromatic carbocycles. The van der Waals surface area contributed by atoms with Gasteiger partial charge in [0.25, 0.3) is 5.91 Å². The maximum absolute atomic E-state index is 12.4. The molecule has 2 N–H and O–H groups in total. The van der Waals surface area contributed by atoms with Gasteiger partial charge < -0.3 is 19.7 Å². The molecule has 136 valence electrons. The number of benzene rings is 1. The van der Waals surface area contributed by atoms with Crippen LogP contribution in [0.2, 0.25) is 0 Å². The highest BCUT2D eigenvalue weighted by Crippen LogP contribution is 2.31. The standard InChI is InChI=1S/C15H19N3O6S/c1-10-15(20)17-12-8-11(2-3-13(12)24-10)25(21,22)16-9-14(19)18-4-6-23-7-5-18/h2-3,8,10,16H,4-7,9H2,1H3,(H,17,20). The SMILES string of the molecule is CC1Oc2ccc(S(=O)(=O)NCC(=O)N3CCOCC3)cc2NC1=O. The van der Waals surface area contributed by atoms with Gasteiger partial charge in [-0.05, 0) is 25.1 Å². The first-order valence-corrected chi connectivity index (χ1v) is 9.32. The molecular formula is C15H19N3O6S. The van der Waals surface area contributed by atoms with Crippen molar-refractivity contribution in [3.05, 3.63) is 18.2 Å². The number of sulfonamides is 1. The third-order valence-corrected chi connectivity index (χ3v) is 5.37. The number of hydrogen-bond acceptors (Lipinski definition) is 6. The van der Waals surface area contributed by atoms with E-state index in [1.54, 1.807) is 11.8 Å². The van der Waals surface area contributed by atoms with Crippen LogP contribution in [0.5, 0.6) is 5.75 Å². The number of ether oxygens (including phenoxy) is 2. The largest absolute Gasteiger partial charge is 0.479 e. The molecule has 1 saturated heterocycles. The van der Waals surface area contributed by atoms with Gasteiger partial charge in [-0.25, -0.2) is 13.1 Å². The van der Waals surface area contributed by atoms with Gasteiger partial charge in [-0.3, -0.25) is 9.59 Å². The van der Waals surface area contributed by atoms with Crippen molar-refractivity contribution >= 4 is 27.5 Å². The van der Waals surface area contributed by atoms with Crippen molar-refractivity contribution in [1.29, 1.82) is 0 Å². The fraction of sp³-hybridized carbons (Fsp3) is 0.467. The van der Waals surface area contributed by atoms with Gasteiger partial charge in [-0.1, -0.05) is 0 Å². The van der Waals surface area contributed by atoms with Crippen LogP contribution in [0.3, 0.4) is 0 Å². The molecule has 1 fully saturated rings. The number of hydrogen-bond donors (Lipinski definition) is 2. The topological polar surface area (TPSA) is 114 Å². The molecule has 0 aliphatic carbocycles. The van der Waals surface area contributed by atoms with Crippen molar-refractivity contribution in [2.24, 2.45) is 0 Å². The van der Waals surface area contributed by atoms with E-state index in [0.29, 0.717) is 32.1 Å². The van der Waals surface area contributed by atoms with Gasteiger partial charge in [-0.2, -0.15) is 0 Å². The first-order chi connectivity index (χ1) is 11.9. The minimum atomic E-state index is -3.89. The summed E-state index contributed by atoms with van der Waals surface area (Å²) in [6.07, 6.45) is -0.640. The molecule has 0 radical (unpaired) electrons. The average Bonchev–Trinajstić information content (AvgIpc) is 2.61. The van der Waals surface area contributed by atoms with Crippen LogP contribution in [0.25, 0.3) is 0 Å². The van der Waals surface area contributed by atoms with Gasteiger partial charge >= 0.3 is 0 Å². The molecule has 1 aromatic rings. The maximum atomic E-state index is 12.4. The molecule has 3 rings (SSSR count). The summed E-state index contributed by atoms with van der Waals surface area (Å²) >= 11 is 0. The summed E-state index contributed by atoms with van der Waals surface area (Å²) in [5, 5.41) is 2.59. The van der Waals surface area contributed by atoms with Gasteiger partial charge in [0, 0.05) is 13.1 Å². The second-order valence-corrected chi connectivity index (χ2v) is 7.49. The molecule has 2 aliphatic rings. The summed E-state index contributed by atoms with van der Waals surface area (Å²) in [6.45, 7) is 3.05. The molecular weight excluding hydrogens is 350 g/mol. The van der Waals surface area contributed by atoms with E-state index >= 15 is 0 Å². The van der Waals surface area contributed by atoms with Gasteiger partial charge in [0.1, 0.15) is 5.75 Å². The third-order valence-electron chi connectivity index (χ3n) is 3.97. The predicted octanol–water partition coefficient (Wildman–Crippen LogP) is -0.457. The number of fused-ring (bicyclic) bond motifs is 1. The van der Waals surface area contributed by atoms with Crippen molar-refractivity contribution in [2.45, 2.75) is 17.9 Å². The second kappa shape index (κ2) is 6.98. The Balaban J connectivity index is 1.69. The highest BCUT2D eigenvalue weighted by atomic mass is 32.2. The first-order valence-electron chi connectivity index (χ1n) is 7.83. The van der Waals surface area contributed by atoms with Crippen LogP contribution in [0, 0.1) is 0 Å². The van der Waals surface area contributed by atoms with E-state index in [1.165, 1.54) is 18.2 Å². The number of nitrogens with one attached hydrogen (secondary N) is 2. The second-order valence-electron chi connectivity index (χ2n) is 5.73. The van der Waals surface area contributed by atoms with Crippen LogP contribution in [0.1, 0.15) is 6.92 Å². The average molecular weight is 369 g/mol. The Hall–Kier alpha value is -2.17. The molecule has 25 heavy (non-hydrogen) atoms. The lowest BCUT2D eigenvalue weighted by molar-refractivity contribution is -0.133. The molecule has 0 spiro atoms. The Bertz CT molecular complexity index is 788. The van der Waals surface area contributed by atoms with Gasteiger partial charge in [-0.15, -0.1) is 0 Å². The minimum Gasteiger partial charge on any atom is -0.479 e.